The van der Waals surface area contributed by atoms with Crippen molar-refractivity contribution in [2.45, 2.75) is 38.8 Å². The number of rotatable bonds is 4. The predicted octanol–water partition coefficient (Wildman–Crippen LogP) is 2.18. The van der Waals surface area contributed by atoms with Gasteiger partial charge < -0.3 is 4.74 Å². The van der Waals surface area contributed by atoms with Crippen molar-refractivity contribution in [3.8, 4) is 0 Å². The second-order valence-corrected chi connectivity index (χ2v) is 9.38. The van der Waals surface area contributed by atoms with Crippen molar-refractivity contribution < 1.29 is 26.3 Å². The summed E-state index contributed by atoms with van der Waals surface area (Å²) in [5.41, 5.74) is 0.112. The van der Waals surface area contributed by atoms with E-state index >= 15 is 0 Å². The largest absolute Gasteiger partial charge is 0.416 e. The molecular formula is C18H26F3N3O3S. The van der Waals surface area contributed by atoms with Crippen LogP contribution in [0.5, 0.6) is 0 Å². The van der Waals surface area contributed by atoms with E-state index in [0.29, 0.717) is 45.8 Å². The fourth-order valence-corrected chi connectivity index (χ4v) is 5.41. The van der Waals surface area contributed by atoms with Gasteiger partial charge in [0.25, 0.3) is 10.2 Å². The van der Waals surface area contributed by atoms with Gasteiger partial charge in [0, 0.05) is 45.8 Å². The predicted molar refractivity (Wildman–Crippen MR) is 98.8 cm³/mol. The minimum atomic E-state index is -4.34. The molecule has 0 unspecified atom stereocenters. The van der Waals surface area contributed by atoms with Crippen molar-refractivity contribution in [1.82, 2.24) is 13.5 Å². The van der Waals surface area contributed by atoms with Crippen LogP contribution < -0.4 is 0 Å². The highest BCUT2D eigenvalue weighted by molar-refractivity contribution is 7.86. The Bertz CT molecular complexity index is 753. The second-order valence-electron chi connectivity index (χ2n) is 7.45. The molecule has 2 atom stereocenters. The summed E-state index contributed by atoms with van der Waals surface area (Å²) in [7, 11) is -3.53. The molecule has 6 nitrogen and oxygen atoms in total. The highest BCUT2D eigenvalue weighted by atomic mass is 32.2. The monoisotopic (exact) mass is 421 g/mol. The van der Waals surface area contributed by atoms with E-state index in [4.69, 9.17) is 4.74 Å². The summed E-state index contributed by atoms with van der Waals surface area (Å²) < 4.78 is 72.3. The number of piperazine rings is 1. The second kappa shape index (κ2) is 8.27. The van der Waals surface area contributed by atoms with Crippen LogP contribution in [0.2, 0.25) is 0 Å². The third-order valence-electron chi connectivity index (χ3n) is 5.06. The van der Waals surface area contributed by atoms with E-state index in [2.05, 4.69) is 4.90 Å². The summed E-state index contributed by atoms with van der Waals surface area (Å²) in [5, 5.41) is 0. The van der Waals surface area contributed by atoms with Crippen LogP contribution in [0.25, 0.3) is 0 Å². The summed E-state index contributed by atoms with van der Waals surface area (Å²) in [6.45, 7) is 6.71. The molecule has 3 rings (SSSR count). The first-order chi connectivity index (χ1) is 13.1. The number of nitrogens with zero attached hydrogens (tertiary/aromatic N) is 3. The van der Waals surface area contributed by atoms with E-state index in [1.54, 1.807) is 0 Å². The molecular weight excluding hydrogens is 395 g/mol. The topological polar surface area (TPSA) is 53.1 Å². The zero-order chi connectivity index (χ0) is 20.5. The first-order valence-electron chi connectivity index (χ1n) is 9.35. The summed E-state index contributed by atoms with van der Waals surface area (Å²) in [5.74, 6) is 0. The number of hydrogen-bond donors (Lipinski definition) is 0. The fourth-order valence-electron chi connectivity index (χ4n) is 3.66. The standard InChI is InChI=1S/C18H26F3N3O3S/c1-14-11-24(12-15(2)27-14)28(25,26)23-9-7-22(8-10-23)13-16-3-5-17(6-4-16)18(19,20)21/h3-6,14-15H,7-13H2,1-2H3/t14-,15-/m1/s1. The first kappa shape index (κ1) is 21.5. The van der Waals surface area contributed by atoms with E-state index in [-0.39, 0.29) is 12.2 Å². The van der Waals surface area contributed by atoms with Crippen molar-refractivity contribution in [3.63, 3.8) is 0 Å². The normalized spacial score (nSPS) is 26.5. The summed E-state index contributed by atoms with van der Waals surface area (Å²) >= 11 is 0. The Labute approximate surface area is 164 Å². The van der Waals surface area contributed by atoms with Gasteiger partial charge in [-0.3, -0.25) is 4.90 Å². The molecule has 2 saturated heterocycles. The molecule has 0 N–H and O–H groups in total. The van der Waals surface area contributed by atoms with Crippen molar-refractivity contribution in [2.24, 2.45) is 0 Å². The lowest BCUT2D eigenvalue weighted by atomic mass is 10.1. The number of ether oxygens (including phenoxy) is 1. The SMILES string of the molecule is C[C@@H]1CN(S(=O)(=O)N2CCN(Cc3ccc(C(F)(F)F)cc3)CC2)C[C@@H](C)O1. The molecule has 2 aliphatic rings. The van der Waals surface area contributed by atoms with E-state index in [0.717, 1.165) is 17.7 Å². The zero-order valence-electron chi connectivity index (χ0n) is 16.0. The molecule has 2 fully saturated rings. The highest BCUT2D eigenvalue weighted by Crippen LogP contribution is 2.29. The molecule has 0 radical (unpaired) electrons. The Morgan fingerprint density at radius 2 is 1.50 bits per heavy atom. The average molecular weight is 421 g/mol. The van der Waals surface area contributed by atoms with Crippen LogP contribution in [-0.4, -0.2) is 73.4 Å². The molecule has 0 bridgehead atoms. The molecule has 0 amide bonds. The van der Waals surface area contributed by atoms with E-state index in [1.807, 2.05) is 13.8 Å². The molecule has 0 saturated carbocycles. The average Bonchev–Trinajstić information content (AvgIpc) is 2.61. The fraction of sp³-hybridized carbons (Fsp3) is 0.667. The maximum Gasteiger partial charge on any atom is 0.416 e. The molecule has 0 spiro atoms. The molecule has 28 heavy (non-hydrogen) atoms. The molecule has 10 heteroatoms. The highest BCUT2D eigenvalue weighted by Gasteiger charge is 2.36. The third-order valence-corrected chi connectivity index (χ3v) is 7.03. The van der Waals surface area contributed by atoms with Gasteiger partial charge in [-0.05, 0) is 31.5 Å². The Balaban J connectivity index is 1.55. The van der Waals surface area contributed by atoms with Gasteiger partial charge >= 0.3 is 6.18 Å². The summed E-state index contributed by atoms with van der Waals surface area (Å²) in [6.07, 6.45) is -4.62. The molecule has 158 valence electrons. The van der Waals surface area contributed by atoms with Crippen LogP contribution in [0, 0.1) is 0 Å². The van der Waals surface area contributed by atoms with Gasteiger partial charge in [0.2, 0.25) is 0 Å². The Kier molecular flexibility index (Phi) is 6.35. The molecule has 2 heterocycles. The van der Waals surface area contributed by atoms with Crippen LogP contribution in [0.15, 0.2) is 24.3 Å². The zero-order valence-corrected chi connectivity index (χ0v) is 16.8. The number of hydrogen-bond acceptors (Lipinski definition) is 4. The van der Waals surface area contributed by atoms with Gasteiger partial charge in [0.15, 0.2) is 0 Å². The van der Waals surface area contributed by atoms with E-state index in [1.165, 1.54) is 20.7 Å². The minimum absolute atomic E-state index is 0.139. The lowest BCUT2D eigenvalue weighted by Crippen LogP contribution is -2.57. The third kappa shape index (κ3) is 5.04. The molecule has 0 aliphatic carbocycles. The van der Waals surface area contributed by atoms with Crippen LogP contribution in [0.4, 0.5) is 13.2 Å². The van der Waals surface area contributed by atoms with Crippen LogP contribution in [-0.2, 0) is 27.7 Å². The van der Waals surface area contributed by atoms with Gasteiger partial charge in [0.05, 0.1) is 17.8 Å². The molecule has 1 aromatic carbocycles. The lowest BCUT2D eigenvalue weighted by molar-refractivity contribution is -0.137. The minimum Gasteiger partial charge on any atom is -0.373 e. The summed E-state index contributed by atoms with van der Waals surface area (Å²) in [6, 6.07) is 5.11. The van der Waals surface area contributed by atoms with E-state index < -0.39 is 21.9 Å². The number of morpholine rings is 1. The van der Waals surface area contributed by atoms with Gasteiger partial charge in [-0.2, -0.15) is 30.2 Å². The Morgan fingerprint density at radius 1 is 0.964 bits per heavy atom. The van der Waals surface area contributed by atoms with Crippen LogP contribution >= 0.6 is 0 Å². The van der Waals surface area contributed by atoms with Crippen molar-refractivity contribution in [3.05, 3.63) is 35.4 Å². The number of halogens is 3. The van der Waals surface area contributed by atoms with Gasteiger partial charge in [0.1, 0.15) is 0 Å². The van der Waals surface area contributed by atoms with Crippen molar-refractivity contribution in [1.29, 1.82) is 0 Å². The molecule has 2 aliphatic heterocycles. The smallest absolute Gasteiger partial charge is 0.373 e. The number of benzene rings is 1. The van der Waals surface area contributed by atoms with E-state index in [9.17, 15) is 21.6 Å². The summed E-state index contributed by atoms with van der Waals surface area (Å²) in [4.78, 5) is 2.05. The molecule has 1 aromatic rings. The first-order valence-corrected chi connectivity index (χ1v) is 10.7. The van der Waals surface area contributed by atoms with Crippen LogP contribution in [0.3, 0.4) is 0 Å². The quantitative estimate of drug-likeness (QED) is 0.748. The van der Waals surface area contributed by atoms with Gasteiger partial charge in [-0.25, -0.2) is 0 Å². The lowest BCUT2D eigenvalue weighted by Gasteiger charge is -2.40. The van der Waals surface area contributed by atoms with Crippen molar-refractivity contribution in [2.75, 3.05) is 39.3 Å². The maximum atomic E-state index is 12.9. The maximum absolute atomic E-state index is 12.9. The molecule has 0 aromatic heterocycles. The Hall–Kier alpha value is -1.20. The van der Waals surface area contributed by atoms with Gasteiger partial charge in [-0.15, -0.1) is 0 Å². The van der Waals surface area contributed by atoms with Gasteiger partial charge in [-0.1, -0.05) is 12.1 Å². The Morgan fingerprint density at radius 3 is 2.00 bits per heavy atom. The van der Waals surface area contributed by atoms with Crippen LogP contribution in [0.1, 0.15) is 25.0 Å². The van der Waals surface area contributed by atoms with Crippen molar-refractivity contribution >= 4 is 10.2 Å². The number of alkyl halides is 3.